The van der Waals surface area contributed by atoms with Gasteiger partial charge in [-0.1, -0.05) is 0 Å². The molecule has 1 aromatic carbocycles. The normalized spacial score (nSPS) is 16.7. The average Bonchev–Trinajstić information content (AvgIpc) is 2.95. The number of carbonyl (C=O) groups is 3. The first kappa shape index (κ1) is 17.6. The minimum absolute atomic E-state index is 0.0423. The van der Waals surface area contributed by atoms with Crippen molar-refractivity contribution < 1.29 is 19.1 Å². The lowest BCUT2D eigenvalue weighted by atomic mass is 10.2. The third kappa shape index (κ3) is 3.70. The summed E-state index contributed by atoms with van der Waals surface area (Å²) >= 11 is 0. The molecule has 0 saturated carbocycles. The first-order valence-corrected chi connectivity index (χ1v) is 8.15. The van der Waals surface area contributed by atoms with Gasteiger partial charge in [0.15, 0.2) is 0 Å². The number of anilines is 1. The zero-order valence-electron chi connectivity index (χ0n) is 14.1. The summed E-state index contributed by atoms with van der Waals surface area (Å²) < 4.78 is 5.35. The molecule has 2 N–H and O–H groups in total. The van der Waals surface area contributed by atoms with E-state index in [0.717, 1.165) is 4.90 Å². The van der Waals surface area contributed by atoms with Crippen LogP contribution in [0.2, 0.25) is 0 Å². The van der Waals surface area contributed by atoms with Crippen LogP contribution in [0.25, 0.3) is 0 Å². The summed E-state index contributed by atoms with van der Waals surface area (Å²) in [4.78, 5) is 41.7. The second kappa shape index (κ2) is 7.75. The topological polar surface area (TPSA) is 101 Å². The van der Waals surface area contributed by atoms with Gasteiger partial charge in [-0.2, -0.15) is 0 Å². The number of aromatic nitrogens is 1. The molecule has 1 unspecified atom stereocenters. The van der Waals surface area contributed by atoms with Crippen molar-refractivity contribution in [2.24, 2.45) is 0 Å². The Hall–Kier alpha value is -3.26. The highest BCUT2D eigenvalue weighted by Crippen LogP contribution is 2.25. The SMILES string of the molecule is CCOc1ccc(N2C(=O)CC(NNC(=O)c3cccnc3)C2=O)cc1. The number of rotatable bonds is 6. The highest BCUT2D eigenvalue weighted by molar-refractivity contribution is 6.22. The van der Waals surface area contributed by atoms with Gasteiger partial charge >= 0.3 is 0 Å². The van der Waals surface area contributed by atoms with Crippen LogP contribution in [0.3, 0.4) is 0 Å². The Morgan fingerprint density at radius 1 is 1.27 bits per heavy atom. The number of hydrazine groups is 1. The number of hydrogen-bond acceptors (Lipinski definition) is 6. The number of pyridine rings is 1. The largest absolute Gasteiger partial charge is 0.494 e. The van der Waals surface area contributed by atoms with Gasteiger partial charge in [-0.15, -0.1) is 0 Å². The number of benzene rings is 1. The number of hydrogen-bond donors (Lipinski definition) is 2. The van der Waals surface area contributed by atoms with E-state index >= 15 is 0 Å². The fraction of sp³-hybridized carbons (Fsp3) is 0.222. The molecule has 0 spiro atoms. The van der Waals surface area contributed by atoms with Gasteiger partial charge in [-0.25, -0.2) is 10.3 Å². The van der Waals surface area contributed by atoms with Crippen LogP contribution in [0.5, 0.6) is 5.75 Å². The molecule has 2 heterocycles. The van der Waals surface area contributed by atoms with E-state index in [9.17, 15) is 14.4 Å². The van der Waals surface area contributed by atoms with Crippen molar-refractivity contribution in [2.75, 3.05) is 11.5 Å². The standard InChI is InChI=1S/C18H18N4O4/c1-2-26-14-7-5-13(6-8-14)22-16(23)10-15(18(22)25)20-21-17(24)12-4-3-9-19-11-12/h3-9,11,15,20H,2,10H2,1H3,(H,21,24). The molecule has 8 nitrogen and oxygen atoms in total. The summed E-state index contributed by atoms with van der Waals surface area (Å²) in [5.41, 5.74) is 5.88. The van der Waals surface area contributed by atoms with Gasteiger partial charge in [0.2, 0.25) is 5.91 Å². The van der Waals surface area contributed by atoms with Crippen LogP contribution in [0.1, 0.15) is 23.7 Å². The smallest absolute Gasteiger partial charge is 0.266 e. The number of carbonyl (C=O) groups excluding carboxylic acids is 3. The van der Waals surface area contributed by atoms with Crippen LogP contribution in [0, 0.1) is 0 Å². The van der Waals surface area contributed by atoms with Crippen LogP contribution in [-0.2, 0) is 9.59 Å². The Morgan fingerprint density at radius 3 is 2.69 bits per heavy atom. The lowest BCUT2D eigenvalue weighted by molar-refractivity contribution is -0.121. The highest BCUT2D eigenvalue weighted by Gasteiger charge is 2.39. The molecule has 26 heavy (non-hydrogen) atoms. The Bertz CT molecular complexity index is 808. The number of amides is 3. The average molecular weight is 354 g/mol. The van der Waals surface area contributed by atoms with Crippen LogP contribution < -0.4 is 20.5 Å². The molecule has 3 rings (SSSR count). The molecule has 0 aliphatic carbocycles. The van der Waals surface area contributed by atoms with Crippen molar-refractivity contribution in [3.63, 3.8) is 0 Å². The van der Waals surface area contributed by atoms with E-state index in [1.807, 2.05) is 6.92 Å². The quantitative estimate of drug-likeness (QED) is 0.594. The van der Waals surface area contributed by atoms with Gasteiger partial charge in [0, 0.05) is 12.4 Å². The zero-order valence-corrected chi connectivity index (χ0v) is 14.1. The Morgan fingerprint density at radius 2 is 2.04 bits per heavy atom. The summed E-state index contributed by atoms with van der Waals surface area (Å²) in [5, 5.41) is 0. The highest BCUT2D eigenvalue weighted by atomic mass is 16.5. The minimum Gasteiger partial charge on any atom is -0.494 e. The summed E-state index contributed by atoms with van der Waals surface area (Å²) in [7, 11) is 0. The number of nitrogens with one attached hydrogen (secondary N) is 2. The van der Waals surface area contributed by atoms with E-state index in [0.29, 0.717) is 23.6 Å². The minimum atomic E-state index is -0.824. The van der Waals surface area contributed by atoms with Gasteiger partial charge in [0.1, 0.15) is 11.8 Å². The molecule has 8 heteroatoms. The number of imide groups is 1. The lowest BCUT2D eigenvalue weighted by Gasteiger charge is -2.16. The fourth-order valence-corrected chi connectivity index (χ4v) is 2.60. The third-order valence-corrected chi connectivity index (χ3v) is 3.84. The molecular formula is C18H18N4O4. The Balaban J connectivity index is 1.64. The van der Waals surface area contributed by atoms with Crippen molar-refractivity contribution in [3.05, 3.63) is 54.4 Å². The summed E-state index contributed by atoms with van der Waals surface area (Å²) in [5.74, 6) is -0.537. The molecule has 1 atom stereocenters. The summed E-state index contributed by atoms with van der Waals surface area (Å²) in [6, 6.07) is 9.10. The molecule has 0 radical (unpaired) electrons. The molecule has 2 aromatic rings. The van der Waals surface area contributed by atoms with E-state index in [4.69, 9.17) is 4.74 Å². The van der Waals surface area contributed by atoms with E-state index in [2.05, 4.69) is 15.8 Å². The van der Waals surface area contributed by atoms with E-state index < -0.39 is 17.9 Å². The predicted octanol–water partition coefficient (Wildman–Crippen LogP) is 1.05. The summed E-state index contributed by atoms with van der Waals surface area (Å²) in [6.07, 6.45) is 2.92. The van der Waals surface area contributed by atoms with Crippen molar-refractivity contribution >= 4 is 23.4 Å². The zero-order chi connectivity index (χ0) is 18.5. The molecule has 134 valence electrons. The Kier molecular flexibility index (Phi) is 5.23. The lowest BCUT2D eigenvalue weighted by Crippen LogP contribution is -2.48. The van der Waals surface area contributed by atoms with Gasteiger partial charge in [0.05, 0.1) is 24.3 Å². The van der Waals surface area contributed by atoms with Crippen LogP contribution in [0.15, 0.2) is 48.8 Å². The second-order valence-electron chi connectivity index (χ2n) is 5.59. The van der Waals surface area contributed by atoms with Gasteiger partial charge in [-0.3, -0.25) is 24.8 Å². The molecule has 1 aromatic heterocycles. The first-order chi connectivity index (χ1) is 12.6. The van der Waals surface area contributed by atoms with Crippen molar-refractivity contribution in [2.45, 2.75) is 19.4 Å². The maximum absolute atomic E-state index is 12.5. The molecule has 0 bridgehead atoms. The molecule has 1 aliphatic heterocycles. The molecule has 1 fully saturated rings. The molecule has 1 saturated heterocycles. The van der Waals surface area contributed by atoms with Crippen molar-refractivity contribution in [1.82, 2.24) is 15.8 Å². The van der Waals surface area contributed by atoms with Gasteiger partial charge < -0.3 is 4.74 Å². The molecular weight excluding hydrogens is 336 g/mol. The Labute approximate surface area is 150 Å². The second-order valence-corrected chi connectivity index (χ2v) is 5.59. The molecule has 1 aliphatic rings. The monoisotopic (exact) mass is 354 g/mol. The van der Waals surface area contributed by atoms with E-state index in [1.54, 1.807) is 42.6 Å². The van der Waals surface area contributed by atoms with Crippen molar-refractivity contribution in [3.8, 4) is 5.75 Å². The maximum atomic E-state index is 12.5. The third-order valence-electron chi connectivity index (χ3n) is 3.84. The van der Waals surface area contributed by atoms with E-state index in [-0.39, 0.29) is 12.3 Å². The van der Waals surface area contributed by atoms with Crippen molar-refractivity contribution in [1.29, 1.82) is 0 Å². The van der Waals surface area contributed by atoms with Crippen LogP contribution in [-0.4, -0.2) is 35.4 Å². The fourth-order valence-electron chi connectivity index (χ4n) is 2.60. The predicted molar refractivity (Wildman–Crippen MR) is 93.3 cm³/mol. The summed E-state index contributed by atoms with van der Waals surface area (Å²) in [6.45, 7) is 2.40. The molecule has 3 amide bonds. The van der Waals surface area contributed by atoms with Crippen LogP contribution >= 0.6 is 0 Å². The maximum Gasteiger partial charge on any atom is 0.266 e. The number of ether oxygens (including phenoxy) is 1. The van der Waals surface area contributed by atoms with Gasteiger partial charge in [0.25, 0.3) is 11.8 Å². The van der Waals surface area contributed by atoms with Crippen LogP contribution in [0.4, 0.5) is 5.69 Å². The van der Waals surface area contributed by atoms with Gasteiger partial charge in [-0.05, 0) is 43.3 Å². The van der Waals surface area contributed by atoms with E-state index in [1.165, 1.54) is 6.20 Å². The number of nitrogens with zero attached hydrogens (tertiary/aromatic N) is 2. The first-order valence-electron chi connectivity index (χ1n) is 8.15.